The normalized spacial score (nSPS) is 14.7. The Bertz CT molecular complexity index is 989. The lowest BCUT2D eigenvalue weighted by molar-refractivity contribution is -0.145. The van der Waals surface area contributed by atoms with Crippen LogP contribution in [-0.2, 0) is 25.7 Å². The predicted molar refractivity (Wildman–Crippen MR) is 97.1 cm³/mol. The third kappa shape index (κ3) is 3.87. The average Bonchev–Trinajstić information content (AvgIpc) is 2.69. The van der Waals surface area contributed by atoms with E-state index >= 15 is 0 Å². The van der Waals surface area contributed by atoms with Crippen LogP contribution in [0.1, 0.15) is 28.3 Å². The van der Waals surface area contributed by atoms with Crippen LogP contribution >= 0.6 is 0 Å². The molecule has 144 valence electrons. The third-order valence-electron chi connectivity index (χ3n) is 4.77. The highest BCUT2D eigenvalue weighted by atomic mass is 19.4. The Balaban J connectivity index is 1.49. The Morgan fingerprint density at radius 1 is 1.04 bits per heavy atom. The molecule has 0 fully saturated rings. The lowest BCUT2D eigenvalue weighted by atomic mass is 10.1. The van der Waals surface area contributed by atoms with E-state index in [-0.39, 0.29) is 0 Å². The van der Waals surface area contributed by atoms with Crippen LogP contribution < -0.4 is 0 Å². The second kappa shape index (κ2) is 7.27. The molecule has 1 aromatic carbocycles. The van der Waals surface area contributed by atoms with Crippen LogP contribution in [0, 0.1) is 6.92 Å². The third-order valence-corrected chi connectivity index (χ3v) is 4.77. The van der Waals surface area contributed by atoms with Gasteiger partial charge in [-0.3, -0.25) is 4.90 Å². The summed E-state index contributed by atoms with van der Waals surface area (Å²) in [7, 11) is 0. The van der Waals surface area contributed by atoms with Crippen LogP contribution in [0.15, 0.2) is 42.7 Å². The van der Waals surface area contributed by atoms with Gasteiger partial charge in [0, 0.05) is 60.8 Å². The minimum Gasteiger partial charge on any atom is -0.294 e. The van der Waals surface area contributed by atoms with Crippen LogP contribution in [0.4, 0.5) is 13.2 Å². The minimum absolute atomic E-state index is 0.461. The van der Waals surface area contributed by atoms with E-state index in [0.717, 1.165) is 22.4 Å². The van der Waals surface area contributed by atoms with Crippen LogP contribution in [-0.4, -0.2) is 31.4 Å². The maximum Gasteiger partial charge on any atom is 0.451 e. The fraction of sp³-hybridized carbons (Fsp3) is 0.300. The van der Waals surface area contributed by atoms with Gasteiger partial charge in [0.15, 0.2) is 5.82 Å². The summed E-state index contributed by atoms with van der Waals surface area (Å²) in [4.78, 5) is 18.4. The number of nitrogens with zero attached hydrogens (tertiary/aromatic N) is 5. The molecule has 0 saturated carbocycles. The molecule has 0 bridgehead atoms. The van der Waals surface area contributed by atoms with E-state index in [1.54, 1.807) is 0 Å². The molecule has 1 aliphatic heterocycles. The summed E-state index contributed by atoms with van der Waals surface area (Å²) in [5.74, 6) is -0.389. The van der Waals surface area contributed by atoms with Gasteiger partial charge < -0.3 is 0 Å². The Morgan fingerprint density at radius 3 is 2.54 bits per heavy atom. The number of fused-ring (bicyclic) bond motifs is 1. The van der Waals surface area contributed by atoms with Crippen molar-refractivity contribution in [1.29, 1.82) is 0 Å². The molecule has 0 N–H and O–H groups in total. The maximum absolute atomic E-state index is 12.8. The topological polar surface area (TPSA) is 54.8 Å². The van der Waals surface area contributed by atoms with Gasteiger partial charge in [0.25, 0.3) is 0 Å². The Labute approximate surface area is 160 Å². The highest BCUT2D eigenvalue weighted by molar-refractivity contribution is 5.54. The van der Waals surface area contributed by atoms with Gasteiger partial charge in [-0.1, -0.05) is 30.3 Å². The molecule has 8 heteroatoms. The van der Waals surface area contributed by atoms with Crippen molar-refractivity contribution in [1.82, 2.24) is 24.8 Å². The quantitative estimate of drug-likeness (QED) is 0.686. The number of hydrogen-bond donors (Lipinski definition) is 0. The molecular weight excluding hydrogens is 367 g/mol. The monoisotopic (exact) mass is 385 g/mol. The van der Waals surface area contributed by atoms with Gasteiger partial charge >= 0.3 is 6.18 Å². The van der Waals surface area contributed by atoms with Crippen molar-refractivity contribution >= 4 is 0 Å². The summed E-state index contributed by atoms with van der Waals surface area (Å²) in [6.07, 6.45) is -0.938. The zero-order chi connectivity index (χ0) is 19.7. The molecule has 0 spiro atoms. The largest absolute Gasteiger partial charge is 0.451 e. The fourth-order valence-corrected chi connectivity index (χ4v) is 3.26. The first kappa shape index (κ1) is 18.5. The lowest BCUT2D eigenvalue weighted by Gasteiger charge is -2.28. The Hall–Kier alpha value is -2.87. The molecule has 0 aliphatic carbocycles. The van der Waals surface area contributed by atoms with Crippen molar-refractivity contribution < 1.29 is 13.2 Å². The van der Waals surface area contributed by atoms with Crippen molar-refractivity contribution in [3.05, 3.63) is 71.1 Å². The highest BCUT2D eigenvalue weighted by Gasteiger charge is 2.35. The van der Waals surface area contributed by atoms with Crippen molar-refractivity contribution in [2.24, 2.45) is 0 Å². The number of halogens is 3. The van der Waals surface area contributed by atoms with Crippen LogP contribution in [0.3, 0.4) is 0 Å². The van der Waals surface area contributed by atoms with E-state index in [1.165, 1.54) is 6.20 Å². The molecule has 5 nitrogen and oxygen atoms in total. The van der Waals surface area contributed by atoms with E-state index in [4.69, 9.17) is 0 Å². The lowest BCUT2D eigenvalue weighted by Crippen LogP contribution is -2.32. The van der Waals surface area contributed by atoms with Gasteiger partial charge in [0.2, 0.25) is 5.82 Å². The van der Waals surface area contributed by atoms with Gasteiger partial charge in [-0.15, -0.1) is 0 Å². The molecule has 0 unspecified atom stereocenters. The number of benzene rings is 1. The summed E-state index contributed by atoms with van der Waals surface area (Å²) in [5.41, 5.74) is 4.06. The van der Waals surface area contributed by atoms with Crippen LogP contribution in [0.2, 0.25) is 0 Å². The van der Waals surface area contributed by atoms with Crippen LogP contribution in [0.5, 0.6) is 0 Å². The van der Waals surface area contributed by atoms with E-state index in [0.29, 0.717) is 37.6 Å². The number of alkyl halides is 3. The van der Waals surface area contributed by atoms with E-state index in [2.05, 4.69) is 24.8 Å². The van der Waals surface area contributed by atoms with E-state index < -0.39 is 12.0 Å². The standard InChI is InChI=1S/C20H18F3N5/c1-13-15(9-24-18(26-13)14-5-3-2-4-6-14)11-28-8-7-17-16(12-28)10-25-19(27-17)20(21,22)23/h2-6,9-10H,7-8,11-12H2,1H3. The average molecular weight is 385 g/mol. The highest BCUT2D eigenvalue weighted by Crippen LogP contribution is 2.28. The number of aromatic nitrogens is 4. The SMILES string of the molecule is Cc1nc(-c2ccccc2)ncc1CN1CCc2nc(C(F)(F)F)ncc2C1. The molecule has 0 amide bonds. The zero-order valence-corrected chi connectivity index (χ0v) is 15.2. The van der Waals surface area contributed by atoms with Crippen molar-refractivity contribution in [3.63, 3.8) is 0 Å². The summed E-state index contributed by atoms with van der Waals surface area (Å²) in [6, 6.07) is 9.76. The second-order valence-electron chi connectivity index (χ2n) is 6.79. The van der Waals surface area contributed by atoms with Gasteiger partial charge in [0.1, 0.15) is 0 Å². The molecule has 0 saturated heterocycles. The molecular formula is C20H18F3N5. The molecule has 2 aromatic heterocycles. The zero-order valence-electron chi connectivity index (χ0n) is 15.2. The summed E-state index contributed by atoms with van der Waals surface area (Å²) in [5, 5.41) is 0. The van der Waals surface area contributed by atoms with Crippen molar-refractivity contribution in [3.8, 4) is 11.4 Å². The van der Waals surface area contributed by atoms with Gasteiger partial charge in [-0.2, -0.15) is 13.2 Å². The molecule has 28 heavy (non-hydrogen) atoms. The Kier molecular flexibility index (Phi) is 4.80. The first-order valence-corrected chi connectivity index (χ1v) is 8.92. The molecule has 0 atom stereocenters. The van der Waals surface area contributed by atoms with Crippen molar-refractivity contribution in [2.75, 3.05) is 6.54 Å². The molecule has 0 radical (unpaired) electrons. The summed E-state index contributed by atoms with van der Waals surface area (Å²) < 4.78 is 38.3. The van der Waals surface area contributed by atoms with Gasteiger partial charge in [0.05, 0.1) is 5.69 Å². The second-order valence-corrected chi connectivity index (χ2v) is 6.79. The van der Waals surface area contributed by atoms with Gasteiger partial charge in [-0.05, 0) is 6.92 Å². The van der Waals surface area contributed by atoms with Gasteiger partial charge in [-0.25, -0.2) is 19.9 Å². The van der Waals surface area contributed by atoms with E-state index in [1.807, 2.05) is 43.5 Å². The first-order valence-electron chi connectivity index (χ1n) is 8.92. The minimum atomic E-state index is -4.51. The summed E-state index contributed by atoms with van der Waals surface area (Å²) in [6.45, 7) is 3.70. The maximum atomic E-state index is 12.8. The number of hydrogen-bond acceptors (Lipinski definition) is 5. The summed E-state index contributed by atoms with van der Waals surface area (Å²) >= 11 is 0. The predicted octanol–water partition coefficient (Wildman–Crippen LogP) is 3.82. The molecule has 3 aromatic rings. The smallest absolute Gasteiger partial charge is 0.294 e. The Morgan fingerprint density at radius 2 is 1.82 bits per heavy atom. The molecule has 3 heterocycles. The first-order chi connectivity index (χ1) is 13.4. The van der Waals surface area contributed by atoms with E-state index in [9.17, 15) is 13.2 Å². The number of aryl methyl sites for hydroxylation is 1. The fourth-order valence-electron chi connectivity index (χ4n) is 3.26. The number of rotatable bonds is 3. The molecule has 4 rings (SSSR count). The van der Waals surface area contributed by atoms with Crippen molar-refractivity contribution in [2.45, 2.75) is 32.6 Å². The van der Waals surface area contributed by atoms with Crippen LogP contribution in [0.25, 0.3) is 11.4 Å². The molecule has 1 aliphatic rings.